The van der Waals surface area contributed by atoms with Gasteiger partial charge in [-0.1, -0.05) is 13.8 Å². The Kier molecular flexibility index (Phi) is 4.18. The van der Waals surface area contributed by atoms with E-state index in [4.69, 9.17) is 0 Å². The number of non-ortho nitro benzene ring substituents is 1. The Hall–Kier alpha value is -2.08. The van der Waals surface area contributed by atoms with Crippen LogP contribution in [0, 0.1) is 21.8 Å². The van der Waals surface area contributed by atoms with Gasteiger partial charge in [0.1, 0.15) is 5.82 Å². The van der Waals surface area contributed by atoms with Gasteiger partial charge in [0.25, 0.3) is 5.69 Å². The summed E-state index contributed by atoms with van der Waals surface area (Å²) in [7, 11) is 0. The van der Waals surface area contributed by atoms with E-state index in [2.05, 4.69) is 4.98 Å². The van der Waals surface area contributed by atoms with Crippen molar-refractivity contribution < 1.29 is 14.4 Å². The maximum absolute atomic E-state index is 14.5. The lowest BCUT2D eigenvalue weighted by atomic mass is 9.83. The first-order chi connectivity index (χ1) is 9.84. The van der Waals surface area contributed by atoms with Gasteiger partial charge in [0.2, 0.25) is 0 Å². The van der Waals surface area contributed by atoms with Crippen LogP contribution in [0.2, 0.25) is 0 Å². The molecule has 0 aliphatic heterocycles. The second-order valence-corrected chi connectivity index (χ2v) is 5.46. The number of nitro groups is 1. The normalized spacial score (nSPS) is 14.4. The number of hydrogen-bond acceptors (Lipinski definition) is 4. The molecule has 21 heavy (non-hydrogen) atoms. The number of aliphatic hydroxyl groups is 1. The molecule has 0 spiro atoms. The minimum Gasteiger partial charge on any atom is -0.393 e. The van der Waals surface area contributed by atoms with Crippen molar-refractivity contribution in [2.75, 3.05) is 0 Å². The predicted octanol–water partition coefficient (Wildman–Crippen LogP) is 3.40. The molecule has 1 aromatic carbocycles. The van der Waals surface area contributed by atoms with Crippen molar-refractivity contribution in [2.24, 2.45) is 5.92 Å². The summed E-state index contributed by atoms with van der Waals surface area (Å²) in [5.74, 6) is -1.22. The van der Waals surface area contributed by atoms with Gasteiger partial charge in [0, 0.05) is 17.7 Å². The van der Waals surface area contributed by atoms with Crippen LogP contribution in [0.4, 0.5) is 10.1 Å². The second-order valence-electron chi connectivity index (χ2n) is 5.46. The summed E-state index contributed by atoms with van der Waals surface area (Å²) in [5.41, 5.74) is 0.164. The number of rotatable bonds is 4. The van der Waals surface area contributed by atoms with Gasteiger partial charge in [-0.15, -0.1) is 0 Å². The maximum atomic E-state index is 14.5. The molecule has 0 saturated carbocycles. The van der Waals surface area contributed by atoms with Gasteiger partial charge < -0.3 is 5.11 Å². The first kappa shape index (κ1) is 15.3. The Morgan fingerprint density at radius 2 is 2.05 bits per heavy atom. The Morgan fingerprint density at radius 3 is 2.57 bits per heavy atom. The molecule has 0 aliphatic carbocycles. The molecule has 1 aromatic heterocycles. The van der Waals surface area contributed by atoms with Crippen molar-refractivity contribution >= 4 is 16.6 Å². The van der Waals surface area contributed by atoms with Crippen molar-refractivity contribution in [1.29, 1.82) is 0 Å². The van der Waals surface area contributed by atoms with E-state index in [0.717, 1.165) is 6.07 Å². The van der Waals surface area contributed by atoms with Crippen LogP contribution in [0.1, 0.15) is 32.3 Å². The van der Waals surface area contributed by atoms with E-state index < -0.39 is 22.8 Å². The van der Waals surface area contributed by atoms with Crippen LogP contribution >= 0.6 is 0 Å². The average Bonchev–Trinajstić information content (AvgIpc) is 2.40. The van der Waals surface area contributed by atoms with Gasteiger partial charge in [-0.2, -0.15) is 0 Å². The molecule has 2 aromatic rings. The summed E-state index contributed by atoms with van der Waals surface area (Å²) in [4.78, 5) is 14.6. The van der Waals surface area contributed by atoms with E-state index in [-0.39, 0.29) is 28.1 Å². The van der Waals surface area contributed by atoms with Crippen LogP contribution in [-0.4, -0.2) is 21.1 Å². The van der Waals surface area contributed by atoms with Gasteiger partial charge in [0.05, 0.1) is 28.0 Å². The highest BCUT2D eigenvalue weighted by atomic mass is 19.1. The lowest BCUT2D eigenvalue weighted by molar-refractivity contribution is -0.383. The molecule has 0 fully saturated rings. The van der Waals surface area contributed by atoms with Crippen LogP contribution in [-0.2, 0) is 0 Å². The van der Waals surface area contributed by atoms with E-state index in [0.29, 0.717) is 0 Å². The molecule has 2 unspecified atom stereocenters. The lowest BCUT2D eigenvalue weighted by Gasteiger charge is -2.25. The van der Waals surface area contributed by atoms with Gasteiger partial charge in [-0.05, 0) is 25.0 Å². The SMILES string of the molecule is CC(C)C(c1c(F)cc([N+](=O)[O-])c2cccnc12)C(C)O. The van der Waals surface area contributed by atoms with Crippen LogP contribution < -0.4 is 0 Å². The number of pyridine rings is 1. The summed E-state index contributed by atoms with van der Waals surface area (Å²) in [6.07, 6.45) is 0.681. The van der Waals surface area contributed by atoms with Crippen LogP contribution in [0.25, 0.3) is 10.9 Å². The maximum Gasteiger partial charge on any atom is 0.281 e. The summed E-state index contributed by atoms with van der Waals surface area (Å²) < 4.78 is 14.5. The minimum atomic E-state index is -0.786. The van der Waals surface area contributed by atoms with Crippen LogP contribution in [0.3, 0.4) is 0 Å². The summed E-state index contributed by atoms with van der Waals surface area (Å²) in [6, 6.07) is 4.03. The first-order valence-corrected chi connectivity index (χ1v) is 6.74. The fourth-order valence-electron chi connectivity index (χ4n) is 2.81. The van der Waals surface area contributed by atoms with Crippen molar-refractivity contribution in [3.05, 3.63) is 45.9 Å². The molecule has 1 N–H and O–H groups in total. The number of halogens is 1. The molecular formula is C15H17FN2O3. The summed E-state index contributed by atoms with van der Waals surface area (Å²) >= 11 is 0. The number of benzene rings is 1. The summed E-state index contributed by atoms with van der Waals surface area (Å²) in [5, 5.41) is 21.3. The van der Waals surface area contributed by atoms with E-state index >= 15 is 0 Å². The molecule has 0 saturated heterocycles. The van der Waals surface area contributed by atoms with Gasteiger partial charge in [0.15, 0.2) is 0 Å². The largest absolute Gasteiger partial charge is 0.393 e. The fourth-order valence-corrected chi connectivity index (χ4v) is 2.81. The highest BCUT2D eigenvalue weighted by molar-refractivity contribution is 5.90. The average molecular weight is 292 g/mol. The molecule has 6 heteroatoms. The van der Waals surface area contributed by atoms with Gasteiger partial charge >= 0.3 is 0 Å². The quantitative estimate of drug-likeness (QED) is 0.692. The zero-order chi connectivity index (χ0) is 15.7. The Bertz CT molecular complexity index is 678. The van der Waals surface area contributed by atoms with Crippen LogP contribution in [0.5, 0.6) is 0 Å². The molecule has 2 rings (SSSR count). The number of nitro benzene ring substituents is 1. The fraction of sp³-hybridized carbons (Fsp3) is 0.400. The van der Waals surface area contributed by atoms with Crippen molar-refractivity contribution in [3.63, 3.8) is 0 Å². The third-order valence-electron chi connectivity index (χ3n) is 3.63. The molecule has 0 radical (unpaired) electrons. The molecule has 2 atom stereocenters. The molecule has 0 amide bonds. The molecule has 1 heterocycles. The number of hydrogen-bond donors (Lipinski definition) is 1. The van der Waals surface area contributed by atoms with E-state index in [1.807, 2.05) is 13.8 Å². The van der Waals surface area contributed by atoms with E-state index in [9.17, 15) is 19.6 Å². The Balaban J connectivity index is 2.84. The third kappa shape index (κ3) is 2.71. The van der Waals surface area contributed by atoms with Crippen molar-refractivity contribution in [3.8, 4) is 0 Å². The number of nitrogens with zero attached hydrogens (tertiary/aromatic N) is 2. The number of fused-ring (bicyclic) bond motifs is 1. The first-order valence-electron chi connectivity index (χ1n) is 6.74. The second kappa shape index (κ2) is 5.73. The van der Waals surface area contributed by atoms with Crippen molar-refractivity contribution in [2.45, 2.75) is 32.8 Å². The lowest BCUT2D eigenvalue weighted by Crippen LogP contribution is -2.22. The molecule has 0 aliphatic rings. The molecule has 0 bridgehead atoms. The van der Waals surface area contributed by atoms with Gasteiger partial charge in [-0.3, -0.25) is 15.1 Å². The van der Waals surface area contributed by atoms with Crippen LogP contribution in [0.15, 0.2) is 24.4 Å². The molecule has 5 nitrogen and oxygen atoms in total. The minimum absolute atomic E-state index is 0.0360. The Morgan fingerprint density at radius 1 is 1.38 bits per heavy atom. The van der Waals surface area contributed by atoms with Gasteiger partial charge in [-0.25, -0.2) is 4.39 Å². The number of aromatic nitrogens is 1. The highest BCUT2D eigenvalue weighted by Gasteiger charge is 2.29. The zero-order valence-corrected chi connectivity index (χ0v) is 12.1. The monoisotopic (exact) mass is 292 g/mol. The Labute approximate surface area is 121 Å². The van der Waals surface area contributed by atoms with Crippen molar-refractivity contribution in [1.82, 2.24) is 4.98 Å². The van der Waals surface area contributed by atoms with E-state index in [1.54, 1.807) is 19.1 Å². The predicted molar refractivity (Wildman–Crippen MR) is 77.6 cm³/mol. The van der Waals surface area contributed by atoms with E-state index in [1.165, 1.54) is 6.20 Å². The molecular weight excluding hydrogens is 275 g/mol. The third-order valence-corrected chi connectivity index (χ3v) is 3.63. The highest BCUT2D eigenvalue weighted by Crippen LogP contribution is 2.37. The standard InChI is InChI=1S/C15H17FN2O3/c1-8(2)13(9(3)19)14-11(16)7-12(18(20)21)10-5-4-6-17-15(10)14/h4-9,13,19H,1-3H3. The topological polar surface area (TPSA) is 76.3 Å². The summed E-state index contributed by atoms with van der Waals surface area (Å²) in [6.45, 7) is 5.32. The molecule has 112 valence electrons. The number of aliphatic hydroxyl groups excluding tert-OH is 1. The zero-order valence-electron chi connectivity index (χ0n) is 12.1. The smallest absolute Gasteiger partial charge is 0.281 e.